The molecule has 1 saturated heterocycles. The lowest BCUT2D eigenvalue weighted by atomic mass is 9.94. The van der Waals surface area contributed by atoms with E-state index in [4.69, 9.17) is 4.74 Å². The molecule has 0 aromatic heterocycles. The van der Waals surface area contributed by atoms with Gasteiger partial charge in [0.05, 0.1) is 6.61 Å². The number of hydrogen-bond donors (Lipinski definition) is 1. The van der Waals surface area contributed by atoms with E-state index in [1.54, 1.807) is 7.11 Å². The minimum Gasteiger partial charge on any atom is -0.384 e. The van der Waals surface area contributed by atoms with Gasteiger partial charge in [-0.2, -0.15) is 0 Å². The standard InChI is InChI=1S/C11H23NO/c1-3-10(9-13-2)11-7-5-4-6-8-12-11/h10-12H,3-9H2,1-2H3. The molecule has 1 aliphatic rings. The fraction of sp³-hybridized carbons (Fsp3) is 1.00. The van der Waals surface area contributed by atoms with Gasteiger partial charge in [0.15, 0.2) is 0 Å². The highest BCUT2D eigenvalue weighted by Crippen LogP contribution is 2.18. The van der Waals surface area contributed by atoms with Gasteiger partial charge in [-0.05, 0) is 31.7 Å². The average molecular weight is 185 g/mol. The zero-order valence-electron chi connectivity index (χ0n) is 9.01. The van der Waals surface area contributed by atoms with Crippen LogP contribution in [0.25, 0.3) is 0 Å². The highest BCUT2D eigenvalue weighted by atomic mass is 16.5. The van der Waals surface area contributed by atoms with E-state index in [1.165, 1.54) is 38.6 Å². The van der Waals surface area contributed by atoms with Crippen LogP contribution in [0.3, 0.4) is 0 Å². The van der Waals surface area contributed by atoms with Gasteiger partial charge >= 0.3 is 0 Å². The van der Waals surface area contributed by atoms with E-state index in [9.17, 15) is 0 Å². The molecule has 2 heteroatoms. The van der Waals surface area contributed by atoms with E-state index in [-0.39, 0.29) is 0 Å². The van der Waals surface area contributed by atoms with Crippen molar-refractivity contribution in [3.63, 3.8) is 0 Å². The SMILES string of the molecule is CCC(COC)C1CCCCCN1. The van der Waals surface area contributed by atoms with Gasteiger partial charge in [-0.1, -0.05) is 19.8 Å². The Bertz CT molecular complexity index is 119. The maximum Gasteiger partial charge on any atom is 0.0505 e. The molecule has 0 radical (unpaired) electrons. The zero-order chi connectivity index (χ0) is 9.52. The molecule has 1 heterocycles. The van der Waals surface area contributed by atoms with Gasteiger partial charge in [-0.15, -0.1) is 0 Å². The second kappa shape index (κ2) is 6.39. The Morgan fingerprint density at radius 2 is 2.23 bits per heavy atom. The van der Waals surface area contributed by atoms with Crippen LogP contribution in [0.15, 0.2) is 0 Å². The summed E-state index contributed by atoms with van der Waals surface area (Å²) in [4.78, 5) is 0. The highest BCUT2D eigenvalue weighted by molar-refractivity contribution is 4.77. The van der Waals surface area contributed by atoms with Gasteiger partial charge in [0.1, 0.15) is 0 Å². The fourth-order valence-electron chi connectivity index (χ4n) is 2.19. The molecule has 0 aliphatic carbocycles. The van der Waals surface area contributed by atoms with Crippen molar-refractivity contribution < 1.29 is 4.74 Å². The summed E-state index contributed by atoms with van der Waals surface area (Å²) in [7, 11) is 1.80. The first kappa shape index (κ1) is 11.0. The first-order chi connectivity index (χ1) is 6.38. The topological polar surface area (TPSA) is 21.3 Å². The second-order valence-electron chi connectivity index (χ2n) is 4.03. The van der Waals surface area contributed by atoms with Crippen LogP contribution < -0.4 is 5.32 Å². The van der Waals surface area contributed by atoms with Gasteiger partial charge in [-0.25, -0.2) is 0 Å². The van der Waals surface area contributed by atoms with Crippen LogP contribution in [0, 0.1) is 5.92 Å². The number of ether oxygens (including phenoxy) is 1. The smallest absolute Gasteiger partial charge is 0.0505 e. The van der Waals surface area contributed by atoms with Crippen LogP contribution in [0.4, 0.5) is 0 Å². The number of nitrogens with one attached hydrogen (secondary N) is 1. The van der Waals surface area contributed by atoms with E-state index in [0.717, 1.165) is 6.61 Å². The van der Waals surface area contributed by atoms with Gasteiger partial charge in [-0.3, -0.25) is 0 Å². The maximum atomic E-state index is 5.25. The Labute approximate surface area is 82.0 Å². The van der Waals surface area contributed by atoms with Gasteiger partial charge < -0.3 is 10.1 Å². The summed E-state index contributed by atoms with van der Waals surface area (Å²) in [6.45, 7) is 4.37. The van der Waals surface area contributed by atoms with Gasteiger partial charge in [0.25, 0.3) is 0 Å². The van der Waals surface area contributed by atoms with E-state index in [2.05, 4.69) is 12.2 Å². The van der Waals surface area contributed by atoms with Crippen molar-refractivity contribution in [2.45, 2.75) is 45.1 Å². The van der Waals surface area contributed by atoms with Crippen molar-refractivity contribution in [3.05, 3.63) is 0 Å². The van der Waals surface area contributed by atoms with Gasteiger partial charge in [0, 0.05) is 13.2 Å². The van der Waals surface area contributed by atoms with Crippen molar-refractivity contribution in [3.8, 4) is 0 Å². The molecule has 0 amide bonds. The van der Waals surface area contributed by atoms with Crippen LogP contribution in [-0.2, 0) is 4.74 Å². The van der Waals surface area contributed by atoms with E-state index < -0.39 is 0 Å². The number of hydrogen-bond acceptors (Lipinski definition) is 2. The van der Waals surface area contributed by atoms with Gasteiger partial charge in [0.2, 0.25) is 0 Å². The molecule has 0 bridgehead atoms. The molecule has 2 nitrogen and oxygen atoms in total. The average Bonchev–Trinajstić information content (AvgIpc) is 2.42. The molecule has 1 aliphatic heterocycles. The monoisotopic (exact) mass is 185 g/mol. The minimum atomic E-state index is 0.701. The molecule has 1 fully saturated rings. The van der Waals surface area contributed by atoms with Crippen molar-refractivity contribution >= 4 is 0 Å². The zero-order valence-corrected chi connectivity index (χ0v) is 9.01. The van der Waals surface area contributed by atoms with Crippen LogP contribution in [0.2, 0.25) is 0 Å². The molecular weight excluding hydrogens is 162 g/mol. The second-order valence-corrected chi connectivity index (χ2v) is 4.03. The summed E-state index contributed by atoms with van der Waals surface area (Å²) in [5.41, 5.74) is 0. The fourth-order valence-corrected chi connectivity index (χ4v) is 2.19. The highest BCUT2D eigenvalue weighted by Gasteiger charge is 2.20. The molecule has 2 atom stereocenters. The summed E-state index contributed by atoms with van der Waals surface area (Å²) in [5.74, 6) is 0.711. The first-order valence-corrected chi connectivity index (χ1v) is 5.60. The minimum absolute atomic E-state index is 0.701. The molecule has 0 spiro atoms. The summed E-state index contributed by atoms with van der Waals surface area (Å²) in [6, 6.07) is 0.701. The third-order valence-corrected chi connectivity index (χ3v) is 3.07. The maximum absolute atomic E-state index is 5.25. The molecule has 13 heavy (non-hydrogen) atoms. The molecule has 78 valence electrons. The van der Waals surface area contributed by atoms with Crippen molar-refractivity contribution in [2.24, 2.45) is 5.92 Å². The lowest BCUT2D eigenvalue weighted by Gasteiger charge is -2.25. The molecule has 1 N–H and O–H groups in total. The van der Waals surface area contributed by atoms with E-state index in [1.807, 2.05) is 0 Å². The Balaban J connectivity index is 2.35. The largest absolute Gasteiger partial charge is 0.384 e. The molecule has 0 aromatic carbocycles. The third kappa shape index (κ3) is 3.65. The van der Waals surface area contributed by atoms with Crippen LogP contribution in [0.5, 0.6) is 0 Å². The molecule has 0 aromatic rings. The summed E-state index contributed by atoms with van der Waals surface area (Å²) < 4.78 is 5.25. The third-order valence-electron chi connectivity index (χ3n) is 3.07. The van der Waals surface area contributed by atoms with E-state index in [0.29, 0.717) is 12.0 Å². The summed E-state index contributed by atoms with van der Waals surface area (Å²) >= 11 is 0. The summed E-state index contributed by atoms with van der Waals surface area (Å²) in [5, 5.41) is 3.64. The Kier molecular flexibility index (Phi) is 5.40. The number of methoxy groups -OCH3 is 1. The van der Waals surface area contributed by atoms with Crippen molar-refractivity contribution in [1.29, 1.82) is 0 Å². The lowest BCUT2D eigenvalue weighted by molar-refractivity contribution is 0.126. The van der Waals surface area contributed by atoms with E-state index >= 15 is 0 Å². The van der Waals surface area contributed by atoms with Crippen LogP contribution in [-0.4, -0.2) is 26.3 Å². The Hall–Kier alpha value is -0.0800. The number of rotatable bonds is 4. The van der Waals surface area contributed by atoms with Crippen molar-refractivity contribution in [2.75, 3.05) is 20.3 Å². The Morgan fingerprint density at radius 1 is 1.38 bits per heavy atom. The van der Waals surface area contributed by atoms with Crippen molar-refractivity contribution in [1.82, 2.24) is 5.32 Å². The van der Waals surface area contributed by atoms with Crippen LogP contribution in [0.1, 0.15) is 39.0 Å². The summed E-state index contributed by atoms with van der Waals surface area (Å²) in [6.07, 6.45) is 6.69. The predicted octanol–water partition coefficient (Wildman–Crippen LogP) is 2.19. The first-order valence-electron chi connectivity index (χ1n) is 5.60. The molecule has 2 unspecified atom stereocenters. The quantitative estimate of drug-likeness (QED) is 0.725. The molecular formula is C11H23NO. The Morgan fingerprint density at radius 3 is 2.92 bits per heavy atom. The molecule has 0 saturated carbocycles. The van der Waals surface area contributed by atoms with Crippen LogP contribution >= 0.6 is 0 Å². The lowest BCUT2D eigenvalue weighted by Crippen LogP contribution is -2.37. The molecule has 1 rings (SSSR count). The predicted molar refractivity (Wildman–Crippen MR) is 55.9 cm³/mol. The normalized spacial score (nSPS) is 26.8.